The van der Waals surface area contributed by atoms with Gasteiger partial charge in [0.1, 0.15) is 0 Å². The fourth-order valence-corrected chi connectivity index (χ4v) is 2.84. The summed E-state index contributed by atoms with van der Waals surface area (Å²) in [5.74, 6) is 0.610. The van der Waals surface area contributed by atoms with E-state index >= 15 is 0 Å². The lowest BCUT2D eigenvalue weighted by Gasteiger charge is -2.42. The molecule has 0 bridgehead atoms. The number of anilines is 1. The number of nitrogens with zero attached hydrogens (tertiary/aromatic N) is 1. The number of hydrogen-bond donors (Lipinski definition) is 1. The van der Waals surface area contributed by atoms with Crippen molar-refractivity contribution in [1.82, 2.24) is 5.32 Å². The highest BCUT2D eigenvalue weighted by Gasteiger charge is 2.27. The van der Waals surface area contributed by atoms with Crippen LogP contribution in [0.15, 0.2) is 24.3 Å². The van der Waals surface area contributed by atoms with Gasteiger partial charge in [-0.3, -0.25) is 0 Å². The van der Waals surface area contributed by atoms with Crippen molar-refractivity contribution in [2.45, 2.75) is 52.0 Å². The van der Waals surface area contributed by atoms with Crippen LogP contribution in [0.5, 0.6) is 0 Å². The molecular formula is C17H28N2. The lowest BCUT2D eigenvalue weighted by Crippen LogP contribution is -2.48. The van der Waals surface area contributed by atoms with Crippen molar-refractivity contribution in [2.75, 3.05) is 24.5 Å². The first-order valence-corrected chi connectivity index (χ1v) is 7.59. The Balaban J connectivity index is 2.21. The van der Waals surface area contributed by atoms with Gasteiger partial charge in [0.25, 0.3) is 0 Å². The summed E-state index contributed by atoms with van der Waals surface area (Å²) in [7, 11) is 0. The van der Waals surface area contributed by atoms with Gasteiger partial charge in [-0.15, -0.1) is 0 Å². The van der Waals surface area contributed by atoms with Gasteiger partial charge in [-0.05, 0) is 63.4 Å². The Bertz CT molecular complexity index is 392. The van der Waals surface area contributed by atoms with E-state index in [-0.39, 0.29) is 5.54 Å². The largest absolute Gasteiger partial charge is 0.366 e. The molecule has 0 atom stereocenters. The average molecular weight is 260 g/mol. The van der Waals surface area contributed by atoms with Crippen molar-refractivity contribution in [2.24, 2.45) is 0 Å². The molecule has 0 saturated carbocycles. The van der Waals surface area contributed by atoms with E-state index < -0.39 is 0 Å². The number of nitrogens with one attached hydrogen (secondary N) is 1. The van der Waals surface area contributed by atoms with Gasteiger partial charge in [0.05, 0.1) is 0 Å². The monoisotopic (exact) mass is 260 g/mol. The second kappa shape index (κ2) is 5.96. The molecule has 0 radical (unpaired) electrons. The van der Waals surface area contributed by atoms with Crippen molar-refractivity contribution in [3.63, 3.8) is 0 Å². The highest BCUT2D eigenvalue weighted by atomic mass is 15.2. The molecule has 1 aromatic carbocycles. The Kier molecular flexibility index (Phi) is 4.51. The summed E-state index contributed by atoms with van der Waals surface area (Å²) in [4.78, 5) is 2.58. The molecule has 1 aliphatic heterocycles. The Morgan fingerprint density at radius 1 is 1.11 bits per heavy atom. The minimum absolute atomic E-state index is 0.229. The molecule has 1 N–H and O–H groups in total. The molecule has 0 aromatic heterocycles. The first kappa shape index (κ1) is 14.4. The molecule has 106 valence electrons. The molecule has 0 unspecified atom stereocenters. The summed E-state index contributed by atoms with van der Waals surface area (Å²) >= 11 is 0. The lowest BCUT2D eigenvalue weighted by atomic mass is 9.95. The molecule has 2 nitrogen and oxygen atoms in total. The van der Waals surface area contributed by atoms with Gasteiger partial charge in [0.15, 0.2) is 0 Å². The van der Waals surface area contributed by atoms with Crippen molar-refractivity contribution in [1.29, 1.82) is 0 Å². The zero-order chi connectivity index (χ0) is 13.9. The standard InChI is InChI=1S/C17H28N2/c1-14(2)15-6-8-16(9-7-15)19-13-5-11-18-12-10-17(19,3)4/h6-9,14,18H,5,10-13H2,1-4H3. The van der Waals surface area contributed by atoms with E-state index in [2.05, 4.69) is 62.2 Å². The van der Waals surface area contributed by atoms with Crippen LogP contribution in [0.2, 0.25) is 0 Å². The summed E-state index contributed by atoms with van der Waals surface area (Å²) in [6, 6.07) is 9.17. The molecule has 2 heteroatoms. The fraction of sp³-hybridized carbons (Fsp3) is 0.647. The Labute approximate surface area is 118 Å². The number of hydrogen-bond acceptors (Lipinski definition) is 2. The van der Waals surface area contributed by atoms with Gasteiger partial charge in [0, 0.05) is 17.8 Å². The van der Waals surface area contributed by atoms with Crippen LogP contribution >= 0.6 is 0 Å². The molecule has 2 rings (SSSR count). The van der Waals surface area contributed by atoms with Crippen LogP contribution in [0.3, 0.4) is 0 Å². The normalized spacial score (nSPS) is 20.2. The second-order valence-corrected chi connectivity index (χ2v) is 6.56. The van der Waals surface area contributed by atoms with E-state index in [0.717, 1.165) is 19.6 Å². The summed E-state index contributed by atoms with van der Waals surface area (Å²) < 4.78 is 0. The maximum Gasteiger partial charge on any atom is 0.0370 e. The number of rotatable bonds is 2. The van der Waals surface area contributed by atoms with Gasteiger partial charge in [-0.25, -0.2) is 0 Å². The van der Waals surface area contributed by atoms with Gasteiger partial charge in [-0.2, -0.15) is 0 Å². The average Bonchev–Trinajstić information content (AvgIpc) is 2.35. The third-order valence-electron chi connectivity index (χ3n) is 4.25. The van der Waals surface area contributed by atoms with Gasteiger partial charge >= 0.3 is 0 Å². The van der Waals surface area contributed by atoms with E-state index in [1.54, 1.807) is 0 Å². The molecule has 1 aliphatic rings. The van der Waals surface area contributed by atoms with Crippen molar-refractivity contribution < 1.29 is 0 Å². The van der Waals surface area contributed by atoms with Crippen LogP contribution in [0, 0.1) is 0 Å². The summed E-state index contributed by atoms with van der Waals surface area (Å²) in [5, 5.41) is 3.51. The maximum absolute atomic E-state index is 3.51. The summed E-state index contributed by atoms with van der Waals surface area (Å²) in [6.07, 6.45) is 2.41. The first-order chi connectivity index (χ1) is 9.00. The molecule has 19 heavy (non-hydrogen) atoms. The quantitative estimate of drug-likeness (QED) is 0.870. The van der Waals surface area contributed by atoms with Crippen molar-refractivity contribution in [3.8, 4) is 0 Å². The van der Waals surface area contributed by atoms with Crippen LogP contribution in [0.4, 0.5) is 5.69 Å². The van der Waals surface area contributed by atoms with E-state index in [9.17, 15) is 0 Å². The van der Waals surface area contributed by atoms with Crippen LogP contribution in [0.25, 0.3) is 0 Å². The third-order valence-corrected chi connectivity index (χ3v) is 4.25. The fourth-order valence-electron chi connectivity index (χ4n) is 2.84. The topological polar surface area (TPSA) is 15.3 Å². The molecule has 0 aliphatic carbocycles. The zero-order valence-electron chi connectivity index (χ0n) is 12.9. The summed E-state index contributed by atoms with van der Waals surface area (Å²) in [5.41, 5.74) is 3.03. The van der Waals surface area contributed by atoms with Crippen LogP contribution in [0.1, 0.15) is 52.0 Å². The van der Waals surface area contributed by atoms with Gasteiger partial charge < -0.3 is 10.2 Å². The van der Waals surface area contributed by atoms with Crippen LogP contribution in [-0.2, 0) is 0 Å². The van der Waals surface area contributed by atoms with Crippen molar-refractivity contribution in [3.05, 3.63) is 29.8 Å². The summed E-state index contributed by atoms with van der Waals surface area (Å²) in [6.45, 7) is 12.6. The van der Waals surface area contributed by atoms with E-state index in [4.69, 9.17) is 0 Å². The van der Waals surface area contributed by atoms with Crippen LogP contribution < -0.4 is 10.2 Å². The predicted octanol–water partition coefficient (Wildman–Crippen LogP) is 3.78. The smallest absolute Gasteiger partial charge is 0.0370 e. The second-order valence-electron chi connectivity index (χ2n) is 6.56. The van der Waals surface area contributed by atoms with Gasteiger partial charge in [-0.1, -0.05) is 26.0 Å². The minimum atomic E-state index is 0.229. The molecule has 0 spiro atoms. The van der Waals surface area contributed by atoms with E-state index in [1.165, 1.54) is 24.1 Å². The molecule has 1 saturated heterocycles. The minimum Gasteiger partial charge on any atom is -0.366 e. The molecular weight excluding hydrogens is 232 g/mol. The van der Waals surface area contributed by atoms with Crippen LogP contribution in [-0.4, -0.2) is 25.2 Å². The number of benzene rings is 1. The lowest BCUT2D eigenvalue weighted by molar-refractivity contribution is 0.387. The predicted molar refractivity (Wildman–Crippen MR) is 84.1 cm³/mol. The Morgan fingerprint density at radius 2 is 1.79 bits per heavy atom. The van der Waals surface area contributed by atoms with Gasteiger partial charge in [0.2, 0.25) is 0 Å². The molecule has 1 fully saturated rings. The SMILES string of the molecule is CC(C)c1ccc(N2CCCNCCC2(C)C)cc1. The Hall–Kier alpha value is -1.02. The third kappa shape index (κ3) is 3.50. The van der Waals surface area contributed by atoms with E-state index in [1.807, 2.05) is 0 Å². The van der Waals surface area contributed by atoms with Crippen molar-refractivity contribution >= 4 is 5.69 Å². The maximum atomic E-state index is 3.51. The first-order valence-electron chi connectivity index (χ1n) is 7.59. The molecule has 1 heterocycles. The highest BCUT2D eigenvalue weighted by molar-refractivity contribution is 5.50. The van der Waals surface area contributed by atoms with E-state index in [0.29, 0.717) is 5.92 Å². The Morgan fingerprint density at radius 3 is 2.42 bits per heavy atom. The molecule has 0 amide bonds. The highest BCUT2D eigenvalue weighted by Crippen LogP contribution is 2.28. The zero-order valence-corrected chi connectivity index (χ0v) is 12.9. The molecule has 1 aromatic rings.